The largest absolute Gasteiger partial charge is 0.481 e. The van der Waals surface area contributed by atoms with E-state index in [4.69, 9.17) is 9.47 Å². The van der Waals surface area contributed by atoms with E-state index in [0.29, 0.717) is 6.61 Å². The predicted molar refractivity (Wildman–Crippen MR) is 83.7 cm³/mol. The molecule has 0 atom stereocenters. The first-order valence-electron chi connectivity index (χ1n) is 6.71. The molecule has 1 saturated heterocycles. The first-order valence-corrected chi connectivity index (χ1v) is 6.71. The SMILES string of the molecule is Cc1ccc(C)c(OCC#CCN2CCOCC2)c1.Cl. The summed E-state index contributed by atoms with van der Waals surface area (Å²) in [7, 11) is 0. The summed E-state index contributed by atoms with van der Waals surface area (Å²) in [5.74, 6) is 7.16. The molecule has 4 heteroatoms. The Morgan fingerprint density at radius 2 is 1.95 bits per heavy atom. The average Bonchev–Trinajstić information content (AvgIpc) is 2.43. The Kier molecular flexibility index (Phi) is 7.46. The third-order valence-corrected chi connectivity index (χ3v) is 3.17. The van der Waals surface area contributed by atoms with Crippen LogP contribution in [0, 0.1) is 25.7 Å². The molecule has 0 aliphatic carbocycles. The van der Waals surface area contributed by atoms with Gasteiger partial charge in [-0.1, -0.05) is 24.0 Å². The van der Waals surface area contributed by atoms with Gasteiger partial charge in [0.15, 0.2) is 0 Å². The van der Waals surface area contributed by atoms with Gasteiger partial charge in [-0.15, -0.1) is 12.4 Å². The quantitative estimate of drug-likeness (QED) is 0.800. The van der Waals surface area contributed by atoms with Gasteiger partial charge in [-0.3, -0.25) is 4.90 Å². The van der Waals surface area contributed by atoms with Crippen molar-refractivity contribution in [3.05, 3.63) is 29.3 Å². The van der Waals surface area contributed by atoms with E-state index in [1.54, 1.807) is 0 Å². The molecule has 2 rings (SSSR count). The van der Waals surface area contributed by atoms with Gasteiger partial charge in [-0.25, -0.2) is 0 Å². The van der Waals surface area contributed by atoms with Crippen LogP contribution < -0.4 is 4.74 Å². The molecule has 3 nitrogen and oxygen atoms in total. The fraction of sp³-hybridized carbons (Fsp3) is 0.500. The summed E-state index contributed by atoms with van der Waals surface area (Å²) in [5.41, 5.74) is 2.36. The number of aryl methyl sites for hydroxylation is 2. The summed E-state index contributed by atoms with van der Waals surface area (Å²) < 4.78 is 11.0. The zero-order chi connectivity index (χ0) is 13.5. The third kappa shape index (κ3) is 5.42. The van der Waals surface area contributed by atoms with Crippen molar-refractivity contribution in [3.8, 4) is 17.6 Å². The number of halogens is 1. The van der Waals surface area contributed by atoms with Crippen molar-refractivity contribution >= 4 is 12.4 Å². The van der Waals surface area contributed by atoms with Crippen molar-refractivity contribution in [3.63, 3.8) is 0 Å². The second kappa shape index (κ2) is 8.86. The summed E-state index contributed by atoms with van der Waals surface area (Å²) in [4.78, 5) is 2.30. The van der Waals surface area contributed by atoms with Gasteiger partial charge in [0, 0.05) is 13.1 Å². The number of morpholine rings is 1. The van der Waals surface area contributed by atoms with Crippen LogP contribution in [0.15, 0.2) is 18.2 Å². The van der Waals surface area contributed by atoms with Crippen LogP contribution >= 0.6 is 12.4 Å². The van der Waals surface area contributed by atoms with Crippen molar-refractivity contribution in [2.24, 2.45) is 0 Å². The molecule has 1 heterocycles. The topological polar surface area (TPSA) is 21.7 Å². The molecule has 0 spiro atoms. The lowest BCUT2D eigenvalue weighted by atomic mass is 10.1. The Morgan fingerprint density at radius 1 is 1.20 bits per heavy atom. The monoisotopic (exact) mass is 295 g/mol. The van der Waals surface area contributed by atoms with E-state index >= 15 is 0 Å². The molecule has 0 N–H and O–H groups in total. The molecule has 0 unspecified atom stereocenters. The van der Waals surface area contributed by atoms with Crippen molar-refractivity contribution in [2.45, 2.75) is 13.8 Å². The van der Waals surface area contributed by atoms with Gasteiger partial charge in [0.05, 0.1) is 19.8 Å². The standard InChI is InChI=1S/C16H21NO2.ClH/c1-14-5-6-15(2)16(13-14)19-10-4-3-7-17-8-11-18-12-9-17;/h5-6,13H,7-12H2,1-2H3;1H. The lowest BCUT2D eigenvalue weighted by Crippen LogP contribution is -2.36. The Hall–Kier alpha value is -1.21. The Balaban J connectivity index is 0.00000200. The highest BCUT2D eigenvalue weighted by atomic mass is 35.5. The lowest BCUT2D eigenvalue weighted by molar-refractivity contribution is 0.0443. The Labute approximate surface area is 127 Å². The maximum absolute atomic E-state index is 5.69. The van der Waals surface area contributed by atoms with E-state index in [2.05, 4.69) is 48.8 Å². The van der Waals surface area contributed by atoms with Crippen LogP contribution in [0.1, 0.15) is 11.1 Å². The van der Waals surface area contributed by atoms with Crippen LogP contribution in [0.25, 0.3) is 0 Å². The molecule has 1 aromatic rings. The average molecular weight is 296 g/mol. The second-order valence-electron chi connectivity index (χ2n) is 4.80. The number of nitrogens with zero attached hydrogens (tertiary/aromatic N) is 1. The van der Waals surface area contributed by atoms with Gasteiger partial charge in [-0.05, 0) is 31.0 Å². The van der Waals surface area contributed by atoms with Crippen LogP contribution in [0.5, 0.6) is 5.75 Å². The van der Waals surface area contributed by atoms with Crippen molar-refractivity contribution in [1.82, 2.24) is 4.90 Å². The number of rotatable bonds is 3. The maximum atomic E-state index is 5.69. The van der Waals surface area contributed by atoms with Gasteiger partial charge in [-0.2, -0.15) is 0 Å². The van der Waals surface area contributed by atoms with E-state index in [1.807, 2.05) is 0 Å². The number of hydrogen-bond acceptors (Lipinski definition) is 3. The van der Waals surface area contributed by atoms with Crippen LogP contribution in [0.2, 0.25) is 0 Å². The molecule has 110 valence electrons. The predicted octanol–water partition coefficient (Wildman–Crippen LogP) is 2.44. The van der Waals surface area contributed by atoms with E-state index < -0.39 is 0 Å². The highest BCUT2D eigenvalue weighted by Crippen LogP contribution is 2.18. The van der Waals surface area contributed by atoms with Gasteiger partial charge in [0.1, 0.15) is 12.4 Å². The Bertz CT molecular complexity index is 473. The first-order chi connectivity index (χ1) is 9.25. The maximum Gasteiger partial charge on any atom is 0.149 e. The zero-order valence-corrected chi connectivity index (χ0v) is 13.0. The van der Waals surface area contributed by atoms with E-state index in [-0.39, 0.29) is 12.4 Å². The third-order valence-electron chi connectivity index (χ3n) is 3.17. The van der Waals surface area contributed by atoms with E-state index in [1.165, 1.54) is 5.56 Å². The van der Waals surface area contributed by atoms with Crippen LogP contribution in [-0.4, -0.2) is 44.4 Å². The van der Waals surface area contributed by atoms with Crippen LogP contribution in [0.4, 0.5) is 0 Å². The fourth-order valence-corrected chi connectivity index (χ4v) is 1.95. The van der Waals surface area contributed by atoms with Crippen molar-refractivity contribution < 1.29 is 9.47 Å². The summed E-state index contributed by atoms with van der Waals surface area (Å²) >= 11 is 0. The number of benzene rings is 1. The van der Waals surface area contributed by atoms with Crippen molar-refractivity contribution in [2.75, 3.05) is 39.5 Å². The van der Waals surface area contributed by atoms with E-state index in [9.17, 15) is 0 Å². The smallest absolute Gasteiger partial charge is 0.149 e. The Morgan fingerprint density at radius 3 is 2.70 bits per heavy atom. The van der Waals surface area contributed by atoms with Gasteiger partial charge < -0.3 is 9.47 Å². The molecule has 0 bridgehead atoms. The summed E-state index contributed by atoms with van der Waals surface area (Å²) in [6.45, 7) is 8.97. The molecule has 20 heavy (non-hydrogen) atoms. The van der Waals surface area contributed by atoms with Gasteiger partial charge in [0.2, 0.25) is 0 Å². The van der Waals surface area contributed by atoms with Crippen molar-refractivity contribution in [1.29, 1.82) is 0 Å². The normalized spacial score (nSPS) is 14.9. The zero-order valence-electron chi connectivity index (χ0n) is 12.1. The minimum Gasteiger partial charge on any atom is -0.481 e. The lowest BCUT2D eigenvalue weighted by Gasteiger charge is -2.24. The molecule has 1 fully saturated rings. The molecule has 1 aliphatic heterocycles. The minimum atomic E-state index is 0. The molecule has 0 aromatic heterocycles. The van der Waals surface area contributed by atoms with Gasteiger partial charge in [0.25, 0.3) is 0 Å². The first kappa shape index (κ1) is 16.8. The number of hydrogen-bond donors (Lipinski definition) is 0. The fourth-order valence-electron chi connectivity index (χ4n) is 1.95. The molecule has 1 aromatic carbocycles. The molecule has 0 radical (unpaired) electrons. The molecular weight excluding hydrogens is 274 g/mol. The van der Waals surface area contributed by atoms with E-state index in [0.717, 1.165) is 44.2 Å². The molecular formula is C16H22ClNO2. The molecule has 1 aliphatic rings. The molecule has 0 amide bonds. The van der Waals surface area contributed by atoms with Crippen LogP contribution in [0.3, 0.4) is 0 Å². The summed E-state index contributed by atoms with van der Waals surface area (Å²) in [5, 5.41) is 0. The summed E-state index contributed by atoms with van der Waals surface area (Å²) in [6.07, 6.45) is 0. The number of ether oxygens (including phenoxy) is 2. The molecule has 0 saturated carbocycles. The highest BCUT2D eigenvalue weighted by Gasteiger charge is 2.07. The summed E-state index contributed by atoms with van der Waals surface area (Å²) in [6, 6.07) is 6.22. The van der Waals surface area contributed by atoms with Crippen LogP contribution in [-0.2, 0) is 4.74 Å². The van der Waals surface area contributed by atoms with Gasteiger partial charge >= 0.3 is 0 Å². The minimum absolute atomic E-state index is 0. The second-order valence-corrected chi connectivity index (χ2v) is 4.80. The highest BCUT2D eigenvalue weighted by molar-refractivity contribution is 5.85.